The molecule has 0 spiro atoms. The van der Waals surface area contributed by atoms with E-state index in [0.717, 1.165) is 24.3 Å². The van der Waals surface area contributed by atoms with E-state index in [1.54, 1.807) is 11.8 Å². The quantitative estimate of drug-likeness (QED) is 0.457. The maximum absolute atomic E-state index is 11.4. The van der Waals surface area contributed by atoms with Gasteiger partial charge in [-0.3, -0.25) is 4.79 Å². The van der Waals surface area contributed by atoms with Gasteiger partial charge in [0.2, 0.25) is 0 Å². The van der Waals surface area contributed by atoms with Crippen molar-refractivity contribution in [3.63, 3.8) is 0 Å². The van der Waals surface area contributed by atoms with Crippen LogP contribution in [-0.2, 0) is 4.79 Å². The van der Waals surface area contributed by atoms with Crippen LogP contribution in [0, 0.1) is 0 Å². The summed E-state index contributed by atoms with van der Waals surface area (Å²) in [5.41, 5.74) is 0. The summed E-state index contributed by atoms with van der Waals surface area (Å²) >= 11 is 1.79. The van der Waals surface area contributed by atoms with Crippen molar-refractivity contribution in [1.29, 1.82) is 0 Å². The van der Waals surface area contributed by atoms with Crippen LogP contribution in [0.15, 0.2) is 0 Å². The van der Waals surface area contributed by atoms with E-state index in [4.69, 9.17) is 0 Å². The van der Waals surface area contributed by atoms with Gasteiger partial charge in [0.15, 0.2) is 0 Å². The summed E-state index contributed by atoms with van der Waals surface area (Å²) in [7, 11) is 0. The van der Waals surface area contributed by atoms with Crippen LogP contribution in [0.4, 0.5) is 0 Å². The van der Waals surface area contributed by atoms with Crippen LogP contribution in [0.25, 0.3) is 0 Å². The molecule has 0 saturated carbocycles. The van der Waals surface area contributed by atoms with E-state index in [0.29, 0.717) is 5.78 Å². The van der Waals surface area contributed by atoms with Crippen molar-refractivity contribution in [2.75, 3.05) is 11.5 Å². The minimum Gasteiger partial charge on any atom is -0.299 e. The number of rotatable bonds is 12. The molecule has 96 valence electrons. The molecule has 0 aliphatic heterocycles. The second kappa shape index (κ2) is 13.1. The van der Waals surface area contributed by atoms with Crippen molar-refractivity contribution in [2.45, 2.75) is 71.6 Å². The first kappa shape index (κ1) is 16.0. The zero-order chi connectivity index (χ0) is 12.1. The van der Waals surface area contributed by atoms with Crippen molar-refractivity contribution in [3.8, 4) is 0 Å². The summed E-state index contributed by atoms with van der Waals surface area (Å²) in [6.45, 7) is 4.40. The summed E-state index contributed by atoms with van der Waals surface area (Å²) in [6, 6.07) is 0. The van der Waals surface area contributed by atoms with Gasteiger partial charge in [-0.1, -0.05) is 52.4 Å². The van der Waals surface area contributed by atoms with E-state index < -0.39 is 0 Å². The number of hydrogen-bond donors (Lipinski definition) is 0. The fourth-order valence-corrected chi connectivity index (χ4v) is 2.49. The lowest BCUT2D eigenvalue weighted by molar-refractivity contribution is -0.116. The highest BCUT2D eigenvalue weighted by Crippen LogP contribution is 2.10. The van der Waals surface area contributed by atoms with Crippen molar-refractivity contribution < 1.29 is 4.79 Å². The second-order valence-corrected chi connectivity index (χ2v) is 5.57. The van der Waals surface area contributed by atoms with Crippen LogP contribution in [0.5, 0.6) is 0 Å². The highest BCUT2D eigenvalue weighted by Gasteiger charge is 2.01. The summed E-state index contributed by atoms with van der Waals surface area (Å²) in [5, 5.41) is 0. The van der Waals surface area contributed by atoms with Gasteiger partial charge in [0.25, 0.3) is 0 Å². The number of hydrogen-bond acceptors (Lipinski definition) is 2. The molecule has 16 heavy (non-hydrogen) atoms. The molecule has 1 nitrogen and oxygen atoms in total. The number of Topliss-reactive ketones (excluding diaryl/α,β-unsaturated/α-hetero) is 1. The Labute approximate surface area is 106 Å². The third-order valence-electron chi connectivity index (χ3n) is 2.67. The van der Waals surface area contributed by atoms with Crippen LogP contribution >= 0.6 is 11.8 Å². The summed E-state index contributed by atoms with van der Waals surface area (Å²) in [4.78, 5) is 11.4. The molecule has 0 unspecified atom stereocenters. The zero-order valence-corrected chi connectivity index (χ0v) is 11.9. The lowest BCUT2D eigenvalue weighted by atomic mass is 10.1. The molecular weight excluding hydrogens is 216 g/mol. The van der Waals surface area contributed by atoms with Crippen LogP contribution in [0.3, 0.4) is 0 Å². The van der Waals surface area contributed by atoms with E-state index in [1.165, 1.54) is 44.9 Å². The monoisotopic (exact) mass is 244 g/mol. The van der Waals surface area contributed by atoms with Crippen LogP contribution < -0.4 is 0 Å². The van der Waals surface area contributed by atoms with Gasteiger partial charge in [-0.2, -0.15) is 11.8 Å². The first-order valence-corrected chi connectivity index (χ1v) is 8.06. The first-order chi connectivity index (χ1) is 7.81. The maximum atomic E-state index is 11.4. The highest BCUT2D eigenvalue weighted by atomic mass is 32.2. The molecule has 0 bridgehead atoms. The number of unbranched alkanes of at least 4 members (excludes halogenated alkanes) is 6. The van der Waals surface area contributed by atoms with E-state index in [-0.39, 0.29) is 0 Å². The predicted molar refractivity (Wildman–Crippen MR) is 75.2 cm³/mol. The molecule has 0 N–H and O–H groups in total. The average Bonchev–Trinajstić information content (AvgIpc) is 2.28. The van der Waals surface area contributed by atoms with Gasteiger partial charge < -0.3 is 0 Å². The SMILES string of the molecule is CCCCCCCCCC(=O)CSCCC. The van der Waals surface area contributed by atoms with Crippen molar-refractivity contribution >= 4 is 17.5 Å². The number of ketones is 1. The normalized spacial score (nSPS) is 10.6. The summed E-state index contributed by atoms with van der Waals surface area (Å²) < 4.78 is 0. The summed E-state index contributed by atoms with van der Waals surface area (Å²) in [6.07, 6.45) is 11.1. The third kappa shape index (κ3) is 12.1. The molecule has 0 radical (unpaired) electrons. The van der Waals surface area contributed by atoms with Crippen molar-refractivity contribution in [2.24, 2.45) is 0 Å². The molecule has 0 atom stereocenters. The Bertz CT molecular complexity index is 157. The molecule has 0 fully saturated rings. The Kier molecular flexibility index (Phi) is 13.1. The molecule has 0 rings (SSSR count). The largest absolute Gasteiger partial charge is 0.299 e. The lowest BCUT2D eigenvalue weighted by Crippen LogP contribution is -2.01. The van der Waals surface area contributed by atoms with Crippen LogP contribution in [-0.4, -0.2) is 17.3 Å². The molecule has 0 amide bonds. The number of carbonyl (C=O) groups is 1. The van der Waals surface area contributed by atoms with Crippen molar-refractivity contribution in [1.82, 2.24) is 0 Å². The molecule has 0 saturated heterocycles. The molecule has 0 aromatic heterocycles. The Balaban J connectivity index is 3.09. The summed E-state index contributed by atoms with van der Waals surface area (Å²) in [5.74, 6) is 2.32. The van der Waals surface area contributed by atoms with Gasteiger partial charge in [-0.05, 0) is 18.6 Å². The van der Waals surface area contributed by atoms with Crippen molar-refractivity contribution in [3.05, 3.63) is 0 Å². The maximum Gasteiger partial charge on any atom is 0.142 e. The Hall–Kier alpha value is 0.0200. The Morgan fingerprint density at radius 1 is 0.875 bits per heavy atom. The molecule has 0 heterocycles. The van der Waals surface area contributed by atoms with E-state index >= 15 is 0 Å². The second-order valence-electron chi connectivity index (χ2n) is 4.46. The number of thioether (sulfide) groups is 1. The topological polar surface area (TPSA) is 17.1 Å². The Morgan fingerprint density at radius 2 is 1.50 bits per heavy atom. The Morgan fingerprint density at radius 3 is 2.12 bits per heavy atom. The minimum atomic E-state index is 0.451. The van der Waals surface area contributed by atoms with Crippen LogP contribution in [0.1, 0.15) is 71.6 Å². The fourth-order valence-electron chi connectivity index (χ4n) is 1.68. The average molecular weight is 244 g/mol. The van der Waals surface area contributed by atoms with E-state index in [2.05, 4.69) is 13.8 Å². The highest BCUT2D eigenvalue weighted by molar-refractivity contribution is 7.99. The van der Waals surface area contributed by atoms with Gasteiger partial charge in [0.05, 0.1) is 5.75 Å². The zero-order valence-electron chi connectivity index (χ0n) is 11.1. The van der Waals surface area contributed by atoms with E-state index in [9.17, 15) is 4.79 Å². The predicted octanol–water partition coefficient (Wildman–Crippen LogP) is 4.84. The fraction of sp³-hybridized carbons (Fsp3) is 0.929. The smallest absolute Gasteiger partial charge is 0.142 e. The van der Waals surface area contributed by atoms with E-state index in [1.807, 2.05) is 0 Å². The lowest BCUT2D eigenvalue weighted by Gasteiger charge is -2.01. The first-order valence-electron chi connectivity index (χ1n) is 6.90. The van der Waals surface area contributed by atoms with Gasteiger partial charge >= 0.3 is 0 Å². The van der Waals surface area contributed by atoms with Gasteiger partial charge in [0.1, 0.15) is 5.78 Å². The minimum absolute atomic E-state index is 0.451. The molecular formula is C14H28OS. The molecule has 0 aromatic carbocycles. The molecule has 0 aliphatic rings. The van der Waals surface area contributed by atoms with Gasteiger partial charge in [-0.15, -0.1) is 0 Å². The van der Waals surface area contributed by atoms with Gasteiger partial charge in [0, 0.05) is 6.42 Å². The van der Waals surface area contributed by atoms with Crippen LogP contribution in [0.2, 0.25) is 0 Å². The number of carbonyl (C=O) groups excluding carboxylic acids is 1. The molecule has 0 aromatic rings. The third-order valence-corrected chi connectivity index (χ3v) is 3.89. The standard InChI is InChI=1S/C14H28OS/c1-3-5-6-7-8-9-10-11-14(15)13-16-12-4-2/h3-13H2,1-2H3. The molecule has 2 heteroatoms. The van der Waals surface area contributed by atoms with Gasteiger partial charge in [-0.25, -0.2) is 0 Å². The molecule has 0 aliphatic carbocycles.